The first kappa shape index (κ1) is 28.4. The van der Waals surface area contributed by atoms with E-state index in [-0.39, 0.29) is 22.1 Å². The third-order valence-electron chi connectivity index (χ3n) is 6.88. The lowest BCUT2D eigenvalue weighted by atomic mass is 9.97. The first-order valence-electron chi connectivity index (χ1n) is 13.0. The Hall–Kier alpha value is -3.62. The molecule has 0 aromatic heterocycles. The summed E-state index contributed by atoms with van der Waals surface area (Å²) in [5, 5.41) is 0. The maximum atomic E-state index is 13.8. The molecule has 0 radical (unpaired) electrons. The van der Waals surface area contributed by atoms with E-state index in [0.717, 1.165) is 16.7 Å². The van der Waals surface area contributed by atoms with Gasteiger partial charge in [-0.05, 0) is 55.2 Å². The van der Waals surface area contributed by atoms with Crippen molar-refractivity contribution in [2.24, 2.45) is 5.92 Å². The van der Waals surface area contributed by atoms with Gasteiger partial charge in [0.1, 0.15) is 0 Å². The van der Waals surface area contributed by atoms with Gasteiger partial charge in [0.2, 0.25) is 15.7 Å². The van der Waals surface area contributed by atoms with Crippen molar-refractivity contribution in [1.29, 1.82) is 0 Å². The number of aryl methyl sites for hydroxylation is 1. The molecule has 0 bridgehead atoms. The molecule has 0 unspecified atom stereocenters. The second-order valence-corrected chi connectivity index (χ2v) is 11.6. The second-order valence-electron chi connectivity index (χ2n) is 9.60. The summed E-state index contributed by atoms with van der Waals surface area (Å²) in [6.07, 6.45) is 2.60. The van der Waals surface area contributed by atoms with Crippen molar-refractivity contribution in [3.63, 3.8) is 0 Å². The fourth-order valence-electron chi connectivity index (χ4n) is 4.61. The molecule has 206 valence electrons. The van der Waals surface area contributed by atoms with Gasteiger partial charge < -0.3 is 19.1 Å². The number of nitrogens with zero attached hydrogens (tertiary/aromatic N) is 1. The van der Waals surface area contributed by atoms with Crippen LogP contribution < -0.4 is 9.47 Å². The number of hydrogen-bond acceptors (Lipinski definition) is 6. The van der Waals surface area contributed by atoms with E-state index in [1.165, 1.54) is 11.1 Å². The molecule has 0 aliphatic carbocycles. The minimum Gasteiger partial charge on any atom is -0.493 e. The summed E-state index contributed by atoms with van der Waals surface area (Å²) in [7, 11) is -0.650. The van der Waals surface area contributed by atoms with Crippen LogP contribution in [-0.4, -0.2) is 46.6 Å². The van der Waals surface area contributed by atoms with E-state index in [2.05, 4.69) is 0 Å². The van der Waals surface area contributed by atoms with Gasteiger partial charge in [-0.15, -0.1) is 0 Å². The lowest BCUT2D eigenvalue weighted by Gasteiger charge is -2.31. The minimum absolute atomic E-state index is 0.105. The van der Waals surface area contributed by atoms with Crippen molar-refractivity contribution in [3.8, 4) is 11.5 Å². The Morgan fingerprint density at radius 3 is 2.31 bits per heavy atom. The molecule has 3 aromatic rings. The van der Waals surface area contributed by atoms with E-state index >= 15 is 0 Å². The monoisotopic (exact) mass is 549 g/mol. The highest BCUT2D eigenvalue weighted by molar-refractivity contribution is 7.95. The maximum Gasteiger partial charge on any atom is 0.227 e. The third kappa shape index (κ3) is 7.07. The zero-order chi connectivity index (χ0) is 27.8. The molecule has 1 aliphatic heterocycles. The molecule has 3 aromatic carbocycles. The molecule has 7 nitrogen and oxygen atoms in total. The van der Waals surface area contributed by atoms with E-state index in [1.807, 2.05) is 55.5 Å². The van der Waals surface area contributed by atoms with E-state index in [9.17, 15) is 13.2 Å². The Balaban J connectivity index is 1.54. The van der Waals surface area contributed by atoms with Crippen molar-refractivity contribution in [3.05, 3.63) is 101 Å². The number of carbonyl (C=O) groups excluding carboxylic acids is 1. The number of carbonyl (C=O) groups is 1. The van der Waals surface area contributed by atoms with Gasteiger partial charge in [0.15, 0.2) is 11.5 Å². The topological polar surface area (TPSA) is 82.1 Å². The predicted octanol–water partition coefficient (Wildman–Crippen LogP) is 5.33. The summed E-state index contributed by atoms with van der Waals surface area (Å²) >= 11 is 0. The highest BCUT2D eigenvalue weighted by atomic mass is 32.2. The van der Waals surface area contributed by atoms with Crippen LogP contribution in [0.5, 0.6) is 11.5 Å². The van der Waals surface area contributed by atoms with Gasteiger partial charge in [0.25, 0.3) is 0 Å². The van der Waals surface area contributed by atoms with Crippen molar-refractivity contribution in [2.75, 3.05) is 27.4 Å². The van der Waals surface area contributed by atoms with Crippen LogP contribution in [0.3, 0.4) is 0 Å². The number of sulfone groups is 1. The molecule has 0 fully saturated rings. The zero-order valence-corrected chi connectivity index (χ0v) is 23.4. The van der Waals surface area contributed by atoms with Crippen LogP contribution in [0.1, 0.15) is 29.5 Å². The van der Waals surface area contributed by atoms with E-state index in [1.54, 1.807) is 38.5 Å². The number of hydrogen-bond donors (Lipinski definition) is 0. The summed E-state index contributed by atoms with van der Waals surface area (Å²) in [4.78, 5) is 15.2. The van der Waals surface area contributed by atoms with Crippen LogP contribution in [-0.2, 0) is 32.4 Å². The fourth-order valence-corrected chi connectivity index (χ4v) is 6.28. The van der Waals surface area contributed by atoms with Crippen molar-refractivity contribution >= 4 is 15.7 Å². The quantitative estimate of drug-likeness (QED) is 0.284. The van der Waals surface area contributed by atoms with Crippen molar-refractivity contribution in [1.82, 2.24) is 4.90 Å². The Bertz CT molecular complexity index is 1400. The molecule has 1 aliphatic rings. The largest absolute Gasteiger partial charge is 0.493 e. The first-order chi connectivity index (χ1) is 18.8. The Kier molecular flexibility index (Phi) is 9.43. The van der Waals surface area contributed by atoms with E-state index < -0.39 is 15.8 Å². The van der Waals surface area contributed by atoms with Crippen LogP contribution in [0.15, 0.2) is 88.8 Å². The van der Waals surface area contributed by atoms with Gasteiger partial charge >= 0.3 is 0 Å². The summed E-state index contributed by atoms with van der Waals surface area (Å²) in [6, 6.07) is 22.2. The van der Waals surface area contributed by atoms with Crippen LogP contribution in [0.4, 0.5) is 0 Å². The molecule has 39 heavy (non-hydrogen) atoms. The van der Waals surface area contributed by atoms with E-state index in [4.69, 9.17) is 14.2 Å². The smallest absolute Gasteiger partial charge is 0.227 e. The van der Waals surface area contributed by atoms with Gasteiger partial charge in [0, 0.05) is 31.7 Å². The summed E-state index contributed by atoms with van der Waals surface area (Å²) in [5.41, 5.74) is 2.97. The first-order valence-corrected chi connectivity index (χ1v) is 14.5. The number of allylic oxidation sites excluding steroid dienone is 1. The molecule has 4 rings (SSSR count). The van der Waals surface area contributed by atoms with E-state index in [0.29, 0.717) is 44.1 Å². The van der Waals surface area contributed by atoms with Crippen LogP contribution in [0, 0.1) is 12.8 Å². The van der Waals surface area contributed by atoms with Gasteiger partial charge in [-0.25, -0.2) is 8.42 Å². The molecule has 0 saturated carbocycles. The minimum atomic E-state index is -3.80. The SMILES string of the molecule is COc1ccc(CCN2C=C(S(=O)(=O)c3ccc(C)cc3)[C@H](CCOCc3ccccc3)CC2=O)cc1OC. The summed E-state index contributed by atoms with van der Waals surface area (Å²) in [6.45, 7) is 3.04. The van der Waals surface area contributed by atoms with Gasteiger partial charge in [0.05, 0.1) is 30.6 Å². The number of benzene rings is 3. The number of amides is 1. The highest BCUT2D eigenvalue weighted by Gasteiger charge is 2.35. The predicted molar refractivity (Wildman–Crippen MR) is 150 cm³/mol. The molecule has 1 heterocycles. The lowest BCUT2D eigenvalue weighted by molar-refractivity contribution is -0.130. The molecular formula is C31H35NO6S. The Morgan fingerprint density at radius 1 is 0.897 bits per heavy atom. The number of rotatable bonds is 12. The molecule has 0 N–H and O–H groups in total. The summed E-state index contributed by atoms with van der Waals surface area (Å²) < 4.78 is 44.1. The van der Waals surface area contributed by atoms with Crippen molar-refractivity contribution in [2.45, 2.75) is 37.7 Å². The van der Waals surface area contributed by atoms with Crippen LogP contribution in [0.2, 0.25) is 0 Å². The van der Waals surface area contributed by atoms with Gasteiger partial charge in [-0.1, -0.05) is 54.1 Å². The molecule has 1 atom stereocenters. The zero-order valence-electron chi connectivity index (χ0n) is 22.6. The lowest BCUT2D eigenvalue weighted by Crippen LogP contribution is -2.36. The van der Waals surface area contributed by atoms with Gasteiger partial charge in [-0.2, -0.15) is 0 Å². The fraction of sp³-hybridized carbons (Fsp3) is 0.323. The molecular weight excluding hydrogens is 514 g/mol. The van der Waals surface area contributed by atoms with Gasteiger partial charge in [-0.3, -0.25) is 4.79 Å². The number of ether oxygens (including phenoxy) is 3. The Morgan fingerprint density at radius 2 is 1.62 bits per heavy atom. The molecule has 0 spiro atoms. The normalized spacial score (nSPS) is 15.7. The van der Waals surface area contributed by atoms with Crippen molar-refractivity contribution < 1.29 is 27.4 Å². The third-order valence-corrected chi connectivity index (χ3v) is 8.83. The average molecular weight is 550 g/mol. The average Bonchev–Trinajstić information content (AvgIpc) is 2.95. The molecule has 0 saturated heterocycles. The highest BCUT2D eigenvalue weighted by Crippen LogP contribution is 2.34. The van der Waals surface area contributed by atoms with Crippen LogP contribution in [0.25, 0.3) is 0 Å². The molecule has 8 heteroatoms. The Labute approximate surface area is 230 Å². The maximum absolute atomic E-state index is 13.8. The van der Waals surface area contributed by atoms with Crippen LogP contribution >= 0.6 is 0 Å². The number of methoxy groups -OCH3 is 2. The summed E-state index contributed by atoms with van der Waals surface area (Å²) in [5.74, 6) is 0.663. The second kappa shape index (κ2) is 13.0. The standard InChI is InChI=1S/C31H35NO6S/c1-23-9-12-27(13-10-23)39(34,35)30-21-32(17-15-24-11-14-28(36-2)29(19-24)37-3)31(33)20-26(30)16-18-38-22-25-7-5-4-6-8-25/h4-14,19,21,26H,15-18,20,22H2,1-3H3/t26-/m1/s1. The molecule has 1 amide bonds.